The molecule has 1 heterocycles. The van der Waals surface area contributed by atoms with Crippen molar-refractivity contribution in [2.45, 2.75) is 25.7 Å². The number of hydrogen-bond acceptors (Lipinski definition) is 1. The molecule has 1 aromatic heterocycles. The number of rotatable bonds is 2. The third-order valence-electron chi connectivity index (χ3n) is 2.90. The van der Waals surface area contributed by atoms with Crippen molar-refractivity contribution in [1.82, 2.24) is 0 Å². The molecular formula is C10H13ClO. The van der Waals surface area contributed by atoms with E-state index in [0.29, 0.717) is 5.92 Å². The van der Waals surface area contributed by atoms with E-state index < -0.39 is 0 Å². The van der Waals surface area contributed by atoms with Crippen molar-refractivity contribution >= 4 is 11.6 Å². The van der Waals surface area contributed by atoms with E-state index in [0.717, 1.165) is 17.4 Å². The predicted molar refractivity (Wildman–Crippen MR) is 49.6 cm³/mol. The fourth-order valence-electron chi connectivity index (χ4n) is 1.72. The third kappa shape index (κ3) is 1.08. The van der Waals surface area contributed by atoms with Gasteiger partial charge in [0, 0.05) is 11.3 Å². The first-order valence-electron chi connectivity index (χ1n) is 4.29. The molecule has 1 saturated carbocycles. The zero-order valence-electron chi connectivity index (χ0n) is 7.43. The maximum absolute atomic E-state index is 5.80. The van der Waals surface area contributed by atoms with Gasteiger partial charge in [0.25, 0.3) is 0 Å². The second-order valence-electron chi connectivity index (χ2n) is 3.88. The maximum Gasteiger partial charge on any atom is 0.110 e. The molecule has 1 aromatic rings. The van der Waals surface area contributed by atoms with Crippen LogP contribution in [0, 0.1) is 12.8 Å². The second-order valence-corrected chi connectivity index (χ2v) is 4.19. The molecule has 2 heteroatoms. The quantitative estimate of drug-likeness (QED) is 0.644. The van der Waals surface area contributed by atoms with Crippen molar-refractivity contribution in [1.29, 1.82) is 0 Å². The molecular weight excluding hydrogens is 172 g/mol. The topological polar surface area (TPSA) is 13.1 Å². The molecule has 0 spiro atoms. The first-order valence-corrected chi connectivity index (χ1v) is 4.83. The largest absolute Gasteiger partial charge is 0.466 e. The van der Waals surface area contributed by atoms with Crippen molar-refractivity contribution in [2.75, 3.05) is 5.88 Å². The Morgan fingerprint density at radius 2 is 2.42 bits per heavy atom. The molecule has 1 aliphatic rings. The van der Waals surface area contributed by atoms with E-state index in [1.54, 1.807) is 0 Å². The van der Waals surface area contributed by atoms with E-state index in [1.165, 1.54) is 6.42 Å². The van der Waals surface area contributed by atoms with E-state index in [4.69, 9.17) is 16.0 Å². The highest BCUT2D eigenvalue weighted by molar-refractivity contribution is 6.18. The van der Waals surface area contributed by atoms with Crippen molar-refractivity contribution in [3.05, 3.63) is 23.7 Å². The van der Waals surface area contributed by atoms with E-state index in [-0.39, 0.29) is 5.41 Å². The van der Waals surface area contributed by atoms with E-state index in [1.807, 2.05) is 13.0 Å². The molecule has 2 atom stereocenters. The van der Waals surface area contributed by atoms with Crippen LogP contribution in [0.1, 0.15) is 24.9 Å². The zero-order chi connectivity index (χ0) is 8.77. The van der Waals surface area contributed by atoms with E-state index in [9.17, 15) is 0 Å². The van der Waals surface area contributed by atoms with Gasteiger partial charge in [-0.05, 0) is 31.4 Å². The van der Waals surface area contributed by atoms with Gasteiger partial charge in [0.1, 0.15) is 11.5 Å². The minimum Gasteiger partial charge on any atom is -0.466 e. The molecule has 0 radical (unpaired) electrons. The minimum absolute atomic E-state index is 0.232. The van der Waals surface area contributed by atoms with Gasteiger partial charge in [-0.1, -0.05) is 6.92 Å². The summed E-state index contributed by atoms with van der Waals surface area (Å²) in [5.41, 5.74) is 0.232. The van der Waals surface area contributed by atoms with Gasteiger partial charge in [0.15, 0.2) is 0 Å². The Morgan fingerprint density at radius 3 is 2.83 bits per heavy atom. The molecule has 0 saturated heterocycles. The van der Waals surface area contributed by atoms with Gasteiger partial charge >= 0.3 is 0 Å². The molecule has 0 bridgehead atoms. The Labute approximate surface area is 77.7 Å². The molecule has 0 aromatic carbocycles. The van der Waals surface area contributed by atoms with Crippen molar-refractivity contribution in [3.8, 4) is 0 Å². The average Bonchev–Trinajstić information content (AvgIpc) is 2.50. The number of alkyl halides is 1. The first-order chi connectivity index (χ1) is 5.66. The summed E-state index contributed by atoms with van der Waals surface area (Å²) in [5, 5.41) is 0. The van der Waals surface area contributed by atoms with Gasteiger partial charge < -0.3 is 4.42 Å². The second kappa shape index (κ2) is 2.53. The highest BCUT2D eigenvalue weighted by Crippen LogP contribution is 2.54. The van der Waals surface area contributed by atoms with Crippen LogP contribution in [0.5, 0.6) is 0 Å². The molecule has 2 unspecified atom stereocenters. The van der Waals surface area contributed by atoms with Crippen LogP contribution in [-0.2, 0) is 5.41 Å². The molecule has 0 amide bonds. The van der Waals surface area contributed by atoms with Crippen molar-refractivity contribution in [3.63, 3.8) is 0 Å². The van der Waals surface area contributed by atoms with Crippen LogP contribution in [-0.4, -0.2) is 5.88 Å². The molecule has 0 aliphatic heterocycles. The first kappa shape index (κ1) is 8.18. The van der Waals surface area contributed by atoms with Crippen LogP contribution in [0.4, 0.5) is 0 Å². The smallest absolute Gasteiger partial charge is 0.110 e. The van der Waals surface area contributed by atoms with Crippen molar-refractivity contribution < 1.29 is 4.42 Å². The highest BCUT2D eigenvalue weighted by Gasteiger charge is 2.52. The lowest BCUT2D eigenvalue weighted by Gasteiger charge is -2.05. The van der Waals surface area contributed by atoms with Gasteiger partial charge in [-0.3, -0.25) is 0 Å². The Hall–Kier alpha value is -0.430. The van der Waals surface area contributed by atoms with Crippen LogP contribution in [0.2, 0.25) is 0 Å². The lowest BCUT2D eigenvalue weighted by atomic mass is 10.0. The third-order valence-corrected chi connectivity index (χ3v) is 3.27. The summed E-state index contributed by atoms with van der Waals surface area (Å²) in [6, 6.07) is 4.09. The van der Waals surface area contributed by atoms with Gasteiger partial charge in [0.2, 0.25) is 0 Å². The average molecular weight is 185 g/mol. The maximum atomic E-state index is 5.80. The van der Waals surface area contributed by atoms with Crippen LogP contribution in [0.3, 0.4) is 0 Å². The van der Waals surface area contributed by atoms with Crippen LogP contribution in [0.25, 0.3) is 0 Å². The summed E-state index contributed by atoms with van der Waals surface area (Å²) < 4.78 is 5.58. The fraction of sp³-hybridized carbons (Fsp3) is 0.600. The van der Waals surface area contributed by atoms with Crippen molar-refractivity contribution in [2.24, 2.45) is 5.92 Å². The molecule has 1 nitrogen and oxygen atoms in total. The zero-order valence-corrected chi connectivity index (χ0v) is 8.19. The molecule has 66 valence electrons. The SMILES string of the molecule is Cc1ccc(C2(C)CC2CCl)o1. The molecule has 0 N–H and O–H groups in total. The summed E-state index contributed by atoms with van der Waals surface area (Å²) in [7, 11) is 0. The molecule has 2 rings (SSSR count). The standard InChI is InChI=1S/C10H13ClO/c1-7-3-4-9(12-7)10(2)5-8(10)6-11/h3-4,8H,5-6H2,1-2H3. The summed E-state index contributed by atoms with van der Waals surface area (Å²) in [6.07, 6.45) is 1.17. The summed E-state index contributed by atoms with van der Waals surface area (Å²) in [4.78, 5) is 0. The number of furan rings is 1. The van der Waals surface area contributed by atoms with Gasteiger partial charge in [-0.2, -0.15) is 0 Å². The Morgan fingerprint density at radius 1 is 1.67 bits per heavy atom. The molecule has 12 heavy (non-hydrogen) atoms. The predicted octanol–water partition coefficient (Wildman–Crippen LogP) is 3.10. The van der Waals surface area contributed by atoms with Crippen LogP contribution >= 0.6 is 11.6 Å². The summed E-state index contributed by atoms with van der Waals surface area (Å²) in [6.45, 7) is 4.20. The van der Waals surface area contributed by atoms with E-state index >= 15 is 0 Å². The molecule has 1 fully saturated rings. The minimum atomic E-state index is 0.232. The number of hydrogen-bond donors (Lipinski definition) is 0. The summed E-state index contributed by atoms with van der Waals surface area (Å²) >= 11 is 5.80. The highest BCUT2D eigenvalue weighted by atomic mass is 35.5. The Bertz CT molecular complexity index is 292. The van der Waals surface area contributed by atoms with Gasteiger partial charge in [0.05, 0.1) is 0 Å². The van der Waals surface area contributed by atoms with E-state index in [2.05, 4.69) is 13.0 Å². The van der Waals surface area contributed by atoms with Crippen LogP contribution in [0.15, 0.2) is 16.5 Å². The Kier molecular flexibility index (Phi) is 1.72. The monoisotopic (exact) mass is 184 g/mol. The lowest BCUT2D eigenvalue weighted by Crippen LogP contribution is -2.03. The fourth-order valence-corrected chi connectivity index (χ4v) is 2.17. The number of halogens is 1. The number of aryl methyl sites for hydroxylation is 1. The van der Waals surface area contributed by atoms with Gasteiger partial charge in [-0.15, -0.1) is 11.6 Å². The molecule has 1 aliphatic carbocycles. The van der Waals surface area contributed by atoms with Gasteiger partial charge in [-0.25, -0.2) is 0 Å². The summed E-state index contributed by atoms with van der Waals surface area (Å²) in [5.74, 6) is 3.46. The normalized spacial score (nSPS) is 33.8. The van der Waals surface area contributed by atoms with Crippen LogP contribution < -0.4 is 0 Å². The lowest BCUT2D eigenvalue weighted by molar-refractivity contribution is 0.434. The Balaban J connectivity index is 2.22.